The smallest absolute Gasteiger partial charge is 0.224 e. The average molecular weight is 261 g/mol. The minimum atomic E-state index is -0.156. The molecule has 1 aromatic rings. The molecule has 1 heterocycles. The maximum Gasteiger partial charge on any atom is 0.224 e. The van der Waals surface area contributed by atoms with Crippen LogP contribution in [0, 0.1) is 0 Å². The number of nitrogens with zero attached hydrogens (tertiary/aromatic N) is 3. The molecule has 104 valence electrons. The summed E-state index contributed by atoms with van der Waals surface area (Å²) in [6.45, 7) is 9.84. The fraction of sp³-hybridized carbons (Fsp3) is 0.533. The molecule has 1 aliphatic heterocycles. The Hall–Kier alpha value is -1.55. The van der Waals surface area contributed by atoms with Crippen molar-refractivity contribution in [2.75, 3.05) is 31.1 Å². The van der Waals surface area contributed by atoms with Crippen molar-refractivity contribution in [3.8, 4) is 0 Å². The molecule has 0 unspecified atom stereocenters. The Morgan fingerprint density at radius 1 is 1.05 bits per heavy atom. The molecule has 4 heteroatoms. The van der Waals surface area contributed by atoms with E-state index in [2.05, 4.69) is 54.9 Å². The predicted octanol–water partition coefficient (Wildman–Crippen LogP) is 1.98. The van der Waals surface area contributed by atoms with Gasteiger partial charge in [-0.2, -0.15) is 0 Å². The minimum absolute atomic E-state index is 0.156. The lowest BCUT2D eigenvalue weighted by Gasteiger charge is -2.45. The van der Waals surface area contributed by atoms with Gasteiger partial charge in [-0.1, -0.05) is 18.2 Å². The van der Waals surface area contributed by atoms with Crippen molar-refractivity contribution in [2.45, 2.75) is 26.3 Å². The number of benzene rings is 1. The van der Waals surface area contributed by atoms with Gasteiger partial charge in [0.2, 0.25) is 6.41 Å². The second-order valence-corrected chi connectivity index (χ2v) is 5.90. The Kier molecular flexibility index (Phi) is 4.10. The first kappa shape index (κ1) is 13.9. The van der Waals surface area contributed by atoms with Gasteiger partial charge >= 0.3 is 0 Å². The molecule has 0 aromatic heterocycles. The lowest BCUT2D eigenvalue weighted by atomic mass is 10.1. The Morgan fingerprint density at radius 3 is 2.11 bits per heavy atom. The van der Waals surface area contributed by atoms with Gasteiger partial charge in [-0.05, 0) is 32.9 Å². The van der Waals surface area contributed by atoms with E-state index in [9.17, 15) is 4.79 Å². The molecular weight excluding hydrogens is 238 g/mol. The zero-order valence-corrected chi connectivity index (χ0v) is 12.0. The van der Waals surface area contributed by atoms with Gasteiger partial charge in [0.25, 0.3) is 0 Å². The summed E-state index contributed by atoms with van der Waals surface area (Å²) in [7, 11) is 0. The normalized spacial score (nSPS) is 17.3. The molecule has 1 saturated heterocycles. The van der Waals surface area contributed by atoms with Crippen LogP contribution in [-0.4, -0.2) is 48.1 Å². The molecule has 0 bridgehead atoms. The first-order valence-corrected chi connectivity index (χ1v) is 6.82. The van der Waals surface area contributed by atoms with E-state index in [0.717, 1.165) is 32.6 Å². The Bertz CT molecular complexity index is 405. The van der Waals surface area contributed by atoms with Gasteiger partial charge in [0.1, 0.15) is 0 Å². The second kappa shape index (κ2) is 5.61. The number of hydrogen-bond donors (Lipinski definition) is 0. The molecular formula is C15H23N3O. The number of para-hydroxylation sites is 1. The molecule has 0 spiro atoms. The molecule has 1 aromatic carbocycles. The fourth-order valence-corrected chi connectivity index (χ4v) is 2.46. The van der Waals surface area contributed by atoms with E-state index < -0.39 is 0 Å². The van der Waals surface area contributed by atoms with Gasteiger partial charge < -0.3 is 4.90 Å². The van der Waals surface area contributed by atoms with Crippen LogP contribution in [0.3, 0.4) is 0 Å². The van der Waals surface area contributed by atoms with E-state index in [-0.39, 0.29) is 5.54 Å². The molecule has 19 heavy (non-hydrogen) atoms. The van der Waals surface area contributed by atoms with Crippen molar-refractivity contribution in [2.24, 2.45) is 0 Å². The molecule has 0 atom stereocenters. The monoisotopic (exact) mass is 261 g/mol. The van der Waals surface area contributed by atoms with Gasteiger partial charge in [0, 0.05) is 31.9 Å². The number of piperazine rings is 1. The van der Waals surface area contributed by atoms with Crippen LogP contribution in [0.4, 0.5) is 5.69 Å². The first-order valence-electron chi connectivity index (χ1n) is 6.82. The molecule has 0 N–H and O–H groups in total. The summed E-state index contributed by atoms with van der Waals surface area (Å²) >= 11 is 0. The van der Waals surface area contributed by atoms with Crippen LogP contribution in [0.25, 0.3) is 0 Å². The van der Waals surface area contributed by atoms with Crippen molar-refractivity contribution < 1.29 is 4.79 Å². The quantitative estimate of drug-likeness (QED) is 0.778. The Morgan fingerprint density at radius 2 is 1.63 bits per heavy atom. The highest BCUT2D eigenvalue weighted by Crippen LogP contribution is 2.19. The molecule has 0 radical (unpaired) electrons. The van der Waals surface area contributed by atoms with Crippen molar-refractivity contribution in [3.05, 3.63) is 30.3 Å². The summed E-state index contributed by atoms with van der Waals surface area (Å²) < 4.78 is 0. The fourth-order valence-electron chi connectivity index (χ4n) is 2.46. The largest absolute Gasteiger partial charge is 0.369 e. The van der Waals surface area contributed by atoms with E-state index in [0.29, 0.717) is 0 Å². The zero-order chi connectivity index (χ0) is 13.9. The molecule has 1 aliphatic rings. The van der Waals surface area contributed by atoms with Gasteiger partial charge in [0.05, 0.1) is 5.54 Å². The van der Waals surface area contributed by atoms with Crippen molar-refractivity contribution in [1.29, 1.82) is 0 Å². The van der Waals surface area contributed by atoms with Crippen molar-refractivity contribution in [1.82, 2.24) is 10.0 Å². The summed E-state index contributed by atoms with van der Waals surface area (Å²) in [5, 5.41) is 3.96. The van der Waals surface area contributed by atoms with Gasteiger partial charge in [-0.3, -0.25) is 9.80 Å². The van der Waals surface area contributed by atoms with Gasteiger partial charge in [0.15, 0.2) is 0 Å². The van der Waals surface area contributed by atoms with E-state index in [1.54, 1.807) is 0 Å². The highest BCUT2D eigenvalue weighted by Gasteiger charge is 2.28. The maximum atomic E-state index is 11.3. The van der Waals surface area contributed by atoms with Gasteiger partial charge in [-0.15, -0.1) is 0 Å². The predicted molar refractivity (Wildman–Crippen MR) is 77.9 cm³/mol. The molecule has 2 rings (SSSR count). The van der Waals surface area contributed by atoms with Crippen LogP contribution in [0.2, 0.25) is 0 Å². The van der Waals surface area contributed by atoms with Crippen LogP contribution >= 0.6 is 0 Å². The number of rotatable bonds is 3. The molecule has 1 amide bonds. The van der Waals surface area contributed by atoms with E-state index >= 15 is 0 Å². The van der Waals surface area contributed by atoms with Crippen LogP contribution in [0.5, 0.6) is 0 Å². The topological polar surface area (TPSA) is 26.8 Å². The second-order valence-electron chi connectivity index (χ2n) is 5.90. The molecule has 1 fully saturated rings. The van der Waals surface area contributed by atoms with Crippen molar-refractivity contribution >= 4 is 12.1 Å². The van der Waals surface area contributed by atoms with E-state index in [1.165, 1.54) is 5.69 Å². The van der Waals surface area contributed by atoms with Crippen LogP contribution < -0.4 is 4.90 Å². The summed E-state index contributed by atoms with van der Waals surface area (Å²) in [5.74, 6) is 0. The van der Waals surface area contributed by atoms with Crippen LogP contribution in [-0.2, 0) is 4.79 Å². The Balaban J connectivity index is 1.97. The lowest BCUT2D eigenvalue weighted by Crippen LogP contribution is -2.58. The third-order valence-electron chi connectivity index (χ3n) is 3.47. The summed E-state index contributed by atoms with van der Waals surface area (Å²) in [6.07, 6.45) is 0.943. The minimum Gasteiger partial charge on any atom is -0.369 e. The molecule has 0 saturated carbocycles. The average Bonchev–Trinajstić information content (AvgIpc) is 2.40. The third-order valence-corrected chi connectivity index (χ3v) is 3.47. The highest BCUT2D eigenvalue weighted by molar-refractivity contribution is 5.49. The van der Waals surface area contributed by atoms with Crippen LogP contribution in [0.1, 0.15) is 20.8 Å². The van der Waals surface area contributed by atoms with Crippen LogP contribution in [0.15, 0.2) is 30.3 Å². The summed E-state index contributed by atoms with van der Waals surface area (Å²) in [5.41, 5.74) is 1.10. The highest BCUT2D eigenvalue weighted by atomic mass is 16.2. The van der Waals surface area contributed by atoms with E-state index in [4.69, 9.17) is 0 Å². The Labute approximate surface area is 115 Å². The summed E-state index contributed by atoms with van der Waals surface area (Å²) in [6, 6.07) is 10.4. The first-order chi connectivity index (χ1) is 9.02. The SMILES string of the molecule is CC(C)(C)N(C=O)N1CCN(c2ccccc2)CC1. The standard InChI is InChI=1S/C15H23N3O/c1-15(2,3)18(13-19)17-11-9-16(10-12-17)14-7-5-4-6-8-14/h4-8,13H,9-12H2,1-3H3. The summed E-state index contributed by atoms with van der Waals surface area (Å²) in [4.78, 5) is 13.6. The third kappa shape index (κ3) is 3.26. The lowest BCUT2D eigenvalue weighted by molar-refractivity contribution is -0.148. The number of carbonyl (C=O) groups excluding carboxylic acids is 1. The number of anilines is 1. The zero-order valence-electron chi connectivity index (χ0n) is 12.0. The number of carbonyl (C=O) groups is 1. The number of hydrazine groups is 1. The number of amides is 1. The molecule has 0 aliphatic carbocycles. The van der Waals surface area contributed by atoms with Gasteiger partial charge in [-0.25, -0.2) is 5.01 Å². The van der Waals surface area contributed by atoms with Crippen molar-refractivity contribution in [3.63, 3.8) is 0 Å². The van der Waals surface area contributed by atoms with E-state index in [1.807, 2.05) is 11.1 Å². The maximum absolute atomic E-state index is 11.3. The molecule has 4 nitrogen and oxygen atoms in total. The number of hydrogen-bond acceptors (Lipinski definition) is 3.